The average Bonchev–Trinajstić information content (AvgIpc) is 2.30. The third-order valence-corrected chi connectivity index (χ3v) is 3.13. The Labute approximate surface area is 108 Å². The van der Waals surface area contributed by atoms with Gasteiger partial charge in [-0.1, -0.05) is 22.0 Å². The van der Waals surface area contributed by atoms with Crippen LogP contribution in [0.25, 0.3) is 0 Å². The van der Waals surface area contributed by atoms with Crippen molar-refractivity contribution in [1.82, 2.24) is 0 Å². The monoisotopic (exact) mass is 299 g/mol. The van der Waals surface area contributed by atoms with Crippen molar-refractivity contribution < 1.29 is 9.53 Å². The molecule has 3 nitrogen and oxygen atoms in total. The summed E-state index contributed by atoms with van der Waals surface area (Å²) in [5.41, 5.74) is 2.08. The van der Waals surface area contributed by atoms with Crippen LogP contribution in [-0.2, 0) is 21.3 Å². The Balaban J connectivity index is 3.21. The molecule has 0 bridgehead atoms. The van der Waals surface area contributed by atoms with Gasteiger partial charge in [0.25, 0.3) is 0 Å². The van der Waals surface area contributed by atoms with E-state index in [1.807, 2.05) is 0 Å². The first kappa shape index (κ1) is 13.1. The van der Waals surface area contributed by atoms with Crippen LogP contribution in [0.4, 0.5) is 0 Å². The van der Waals surface area contributed by atoms with Crippen LogP contribution in [0.15, 0.2) is 17.0 Å². The predicted octanol–water partition coefficient (Wildman–Crippen LogP) is 2.46. The summed E-state index contributed by atoms with van der Waals surface area (Å²) in [4.78, 5) is 11.8. The minimum absolute atomic E-state index is 0.167. The van der Waals surface area contributed by atoms with Crippen molar-refractivity contribution in [3.63, 3.8) is 0 Å². The molecule has 1 aromatic rings. The van der Waals surface area contributed by atoms with E-state index < -0.39 is 0 Å². The van der Waals surface area contributed by atoms with Crippen molar-refractivity contribution in [3.8, 4) is 6.07 Å². The van der Waals surface area contributed by atoms with Gasteiger partial charge in [0.15, 0.2) is 0 Å². The lowest BCUT2D eigenvalue weighted by molar-refractivity contribution is -0.139. The van der Waals surface area contributed by atoms with Gasteiger partial charge in [0.05, 0.1) is 19.1 Å². The number of nitrogens with zero attached hydrogens (tertiary/aromatic N) is 1. The first-order chi connectivity index (χ1) is 7.63. The van der Waals surface area contributed by atoms with Gasteiger partial charge in [-0.05, 0) is 17.2 Å². The van der Waals surface area contributed by atoms with Crippen LogP contribution < -0.4 is 0 Å². The molecule has 1 rings (SSSR count). The zero-order chi connectivity index (χ0) is 12.1. The molecule has 0 spiro atoms. The third kappa shape index (κ3) is 2.77. The summed E-state index contributed by atoms with van der Waals surface area (Å²) in [7, 11) is 1.34. The van der Waals surface area contributed by atoms with Gasteiger partial charge in [0, 0.05) is 10.2 Å². The number of esters is 1. The van der Waals surface area contributed by atoms with E-state index in [1.54, 1.807) is 12.1 Å². The highest BCUT2D eigenvalue weighted by Crippen LogP contribution is 2.24. The van der Waals surface area contributed by atoms with E-state index in [4.69, 9.17) is 5.26 Å². The van der Waals surface area contributed by atoms with Crippen molar-refractivity contribution in [1.29, 1.82) is 5.26 Å². The van der Waals surface area contributed by atoms with E-state index in [1.165, 1.54) is 7.11 Å². The molecule has 0 aliphatic heterocycles. The summed E-state index contributed by atoms with van der Waals surface area (Å²) in [5, 5.41) is 9.52. The number of rotatable bonds is 3. The van der Waals surface area contributed by atoms with Crippen molar-refractivity contribution in [2.75, 3.05) is 7.11 Å². The summed E-state index contributed by atoms with van der Waals surface area (Å²) in [5.74, 6) is -0.321. The van der Waals surface area contributed by atoms with Gasteiger partial charge in [-0.15, -0.1) is 12.6 Å². The summed E-state index contributed by atoms with van der Waals surface area (Å²) in [6.07, 6.45) is 0.167. The number of methoxy groups -OCH3 is 1. The van der Waals surface area contributed by atoms with Gasteiger partial charge in [-0.3, -0.25) is 4.79 Å². The molecule has 84 valence electrons. The van der Waals surface area contributed by atoms with Gasteiger partial charge in [0.1, 0.15) is 6.07 Å². The number of hydrogen-bond acceptors (Lipinski definition) is 4. The summed E-state index contributed by atoms with van der Waals surface area (Å²) < 4.78 is 4.60. The van der Waals surface area contributed by atoms with E-state index in [9.17, 15) is 4.79 Å². The molecule has 1 aromatic carbocycles. The van der Waals surface area contributed by atoms with Gasteiger partial charge in [-0.25, -0.2) is 0 Å². The first-order valence-corrected chi connectivity index (χ1v) is 6.07. The minimum Gasteiger partial charge on any atom is -0.469 e. The third-order valence-electron chi connectivity index (χ3n) is 2.20. The second-order valence-electron chi connectivity index (χ2n) is 3.10. The number of carbonyl (C=O) groups is 1. The Bertz CT molecular complexity index is 454. The molecule has 0 N–H and O–H groups in total. The van der Waals surface area contributed by atoms with Gasteiger partial charge in [0.2, 0.25) is 0 Å². The van der Waals surface area contributed by atoms with Crippen LogP contribution in [-0.4, -0.2) is 13.1 Å². The fraction of sp³-hybridized carbons (Fsp3) is 0.273. The molecule has 0 fully saturated rings. The highest BCUT2D eigenvalue weighted by Gasteiger charge is 2.13. The molecule has 0 saturated heterocycles. The van der Waals surface area contributed by atoms with Crippen LogP contribution in [0.5, 0.6) is 0 Å². The Kier molecular flexibility index (Phi) is 4.84. The number of alkyl halides is 1. The Hall–Kier alpha value is -0.990. The largest absolute Gasteiger partial charge is 0.469 e. The van der Waals surface area contributed by atoms with E-state index in [-0.39, 0.29) is 12.4 Å². The van der Waals surface area contributed by atoms with E-state index >= 15 is 0 Å². The number of nitriles is 1. The summed E-state index contributed by atoms with van der Waals surface area (Å²) in [6, 6.07) is 5.59. The molecule has 16 heavy (non-hydrogen) atoms. The van der Waals surface area contributed by atoms with Gasteiger partial charge >= 0.3 is 5.97 Å². The van der Waals surface area contributed by atoms with Crippen LogP contribution >= 0.6 is 28.6 Å². The van der Waals surface area contributed by atoms with Crippen molar-refractivity contribution >= 4 is 34.5 Å². The number of carbonyl (C=O) groups excluding carboxylic acids is 1. The van der Waals surface area contributed by atoms with E-state index in [0.717, 1.165) is 11.1 Å². The Morgan fingerprint density at radius 2 is 2.31 bits per heavy atom. The Morgan fingerprint density at radius 3 is 2.81 bits per heavy atom. The zero-order valence-corrected chi connectivity index (χ0v) is 11.1. The molecule has 5 heteroatoms. The fourth-order valence-electron chi connectivity index (χ4n) is 1.35. The lowest BCUT2D eigenvalue weighted by Crippen LogP contribution is -2.07. The molecule has 0 aliphatic carbocycles. The highest BCUT2D eigenvalue weighted by atomic mass is 79.9. The average molecular weight is 300 g/mol. The number of benzene rings is 1. The molecule has 0 radical (unpaired) electrons. The second-order valence-corrected chi connectivity index (χ2v) is 4.14. The fourth-order valence-corrected chi connectivity index (χ4v) is 2.25. The molecule has 0 atom stereocenters. The van der Waals surface area contributed by atoms with E-state index in [2.05, 4.69) is 39.4 Å². The lowest BCUT2D eigenvalue weighted by Gasteiger charge is -2.09. The second kappa shape index (κ2) is 5.92. The maximum Gasteiger partial charge on any atom is 0.309 e. The van der Waals surface area contributed by atoms with Crippen LogP contribution in [0.3, 0.4) is 0 Å². The molecular weight excluding hydrogens is 290 g/mol. The summed E-state index contributed by atoms with van der Waals surface area (Å²) in [6.45, 7) is 0. The topological polar surface area (TPSA) is 50.1 Å². The smallest absolute Gasteiger partial charge is 0.309 e. The normalized spacial score (nSPS) is 9.62. The maximum atomic E-state index is 11.2. The Morgan fingerprint density at radius 1 is 1.62 bits per heavy atom. The highest BCUT2D eigenvalue weighted by molar-refractivity contribution is 9.08. The van der Waals surface area contributed by atoms with Crippen LogP contribution in [0, 0.1) is 11.3 Å². The molecule has 0 heterocycles. The minimum atomic E-state index is -0.321. The van der Waals surface area contributed by atoms with Crippen molar-refractivity contribution in [3.05, 3.63) is 28.8 Å². The van der Waals surface area contributed by atoms with Crippen molar-refractivity contribution in [2.45, 2.75) is 16.6 Å². The molecule has 0 amide bonds. The molecule has 0 unspecified atom stereocenters. The van der Waals surface area contributed by atoms with Crippen molar-refractivity contribution in [2.24, 2.45) is 0 Å². The molecule has 0 saturated carbocycles. The lowest BCUT2D eigenvalue weighted by atomic mass is 10.0. The molecule has 0 aliphatic rings. The van der Waals surface area contributed by atoms with Crippen LogP contribution in [0.1, 0.15) is 16.7 Å². The maximum absolute atomic E-state index is 11.2. The zero-order valence-electron chi connectivity index (χ0n) is 8.66. The summed E-state index contributed by atoms with van der Waals surface area (Å²) >= 11 is 7.51. The van der Waals surface area contributed by atoms with Gasteiger partial charge < -0.3 is 4.74 Å². The van der Waals surface area contributed by atoms with E-state index in [0.29, 0.717) is 15.8 Å². The first-order valence-electron chi connectivity index (χ1n) is 4.50. The predicted molar refractivity (Wildman–Crippen MR) is 66.8 cm³/mol. The number of ether oxygens (including phenoxy) is 1. The standard InChI is InChI=1S/C11H10BrNO2S/c1-15-11(14)4-7-2-3-10(16)9(6-13)8(7)5-12/h2-3,16H,4-5H2,1H3. The van der Waals surface area contributed by atoms with Gasteiger partial charge in [-0.2, -0.15) is 5.26 Å². The molecule has 0 aromatic heterocycles. The number of thiol groups is 1. The SMILES string of the molecule is COC(=O)Cc1ccc(S)c(C#N)c1CBr. The van der Waals surface area contributed by atoms with Crippen LogP contribution in [0.2, 0.25) is 0 Å². The number of halogens is 1. The molecular formula is C11H10BrNO2S. The number of hydrogen-bond donors (Lipinski definition) is 1. The quantitative estimate of drug-likeness (QED) is 0.530.